The molecule has 5 heteroatoms. The van der Waals surface area contributed by atoms with E-state index in [0.29, 0.717) is 5.69 Å². The highest BCUT2D eigenvalue weighted by atomic mass is 16.5. The highest BCUT2D eigenvalue weighted by Gasteiger charge is 2.34. The van der Waals surface area contributed by atoms with Crippen molar-refractivity contribution in [1.29, 1.82) is 0 Å². The van der Waals surface area contributed by atoms with Crippen molar-refractivity contribution in [3.05, 3.63) is 17.5 Å². The summed E-state index contributed by atoms with van der Waals surface area (Å²) in [6.45, 7) is 3.40. The molecule has 1 N–H and O–H groups in total. The third-order valence-electron chi connectivity index (χ3n) is 4.36. The predicted octanol–water partition coefficient (Wildman–Crippen LogP) is 2.06. The maximum Gasteiger partial charge on any atom is 0.269 e. The van der Waals surface area contributed by atoms with Crippen LogP contribution in [0.2, 0.25) is 0 Å². The summed E-state index contributed by atoms with van der Waals surface area (Å²) in [5.41, 5.74) is 1.72. The van der Waals surface area contributed by atoms with Crippen LogP contribution in [0.4, 0.5) is 0 Å². The number of nitrogens with one attached hydrogen (secondary N) is 1. The number of aromatic nitrogens is 2. The summed E-state index contributed by atoms with van der Waals surface area (Å²) in [6.07, 6.45) is 5.89. The van der Waals surface area contributed by atoms with Gasteiger partial charge in [0, 0.05) is 27.3 Å². The molecule has 1 fully saturated rings. The highest BCUT2D eigenvalue weighted by Crippen LogP contribution is 2.40. The number of carbonyl (C=O) groups is 1. The Morgan fingerprint density at radius 2 is 2.20 bits per heavy atom. The highest BCUT2D eigenvalue weighted by molar-refractivity contribution is 5.92. The minimum absolute atomic E-state index is 0.0307. The molecule has 0 unspecified atom stereocenters. The van der Waals surface area contributed by atoms with Crippen molar-refractivity contribution in [2.75, 3.05) is 20.3 Å². The second-order valence-corrected chi connectivity index (χ2v) is 5.93. The molecule has 0 aromatic carbocycles. The van der Waals surface area contributed by atoms with Crippen molar-refractivity contribution in [1.82, 2.24) is 15.1 Å². The molecule has 5 nitrogen and oxygen atoms in total. The van der Waals surface area contributed by atoms with Gasteiger partial charge in [-0.3, -0.25) is 9.48 Å². The minimum atomic E-state index is -0.0307. The van der Waals surface area contributed by atoms with Gasteiger partial charge in [0.2, 0.25) is 0 Å². The standard InChI is InChI=1S/C15H25N3O2/c1-12-10-13(18(2)17-12)14(19)16-11-15(8-9-20-3)6-4-5-7-15/h10H,4-9,11H2,1-3H3,(H,16,19). The Bertz CT molecular complexity index is 462. The Morgan fingerprint density at radius 3 is 2.75 bits per heavy atom. The number of nitrogens with zero attached hydrogens (tertiary/aromatic N) is 2. The van der Waals surface area contributed by atoms with Crippen molar-refractivity contribution >= 4 is 5.91 Å². The molecular formula is C15H25N3O2. The van der Waals surface area contributed by atoms with E-state index in [9.17, 15) is 4.79 Å². The van der Waals surface area contributed by atoms with Gasteiger partial charge in [-0.05, 0) is 37.7 Å². The van der Waals surface area contributed by atoms with Crippen molar-refractivity contribution in [3.63, 3.8) is 0 Å². The number of hydrogen-bond acceptors (Lipinski definition) is 3. The average Bonchev–Trinajstić information content (AvgIpc) is 3.01. The van der Waals surface area contributed by atoms with Gasteiger partial charge in [-0.15, -0.1) is 0 Å². The normalized spacial score (nSPS) is 17.4. The molecule has 0 saturated heterocycles. The largest absolute Gasteiger partial charge is 0.385 e. The van der Waals surface area contributed by atoms with E-state index < -0.39 is 0 Å². The topological polar surface area (TPSA) is 56.1 Å². The van der Waals surface area contributed by atoms with E-state index in [4.69, 9.17) is 4.74 Å². The van der Waals surface area contributed by atoms with Crippen LogP contribution in [0, 0.1) is 12.3 Å². The third kappa shape index (κ3) is 3.39. The Labute approximate surface area is 120 Å². The summed E-state index contributed by atoms with van der Waals surface area (Å²) in [6, 6.07) is 1.83. The summed E-state index contributed by atoms with van der Waals surface area (Å²) in [4.78, 5) is 12.2. The van der Waals surface area contributed by atoms with Crippen LogP contribution >= 0.6 is 0 Å². The van der Waals surface area contributed by atoms with Crippen LogP contribution in [0.5, 0.6) is 0 Å². The van der Waals surface area contributed by atoms with Gasteiger partial charge in [0.25, 0.3) is 5.91 Å². The molecule has 0 spiro atoms. The first-order chi connectivity index (χ1) is 9.56. The number of aryl methyl sites for hydroxylation is 2. The van der Waals surface area contributed by atoms with Gasteiger partial charge < -0.3 is 10.1 Å². The molecule has 1 saturated carbocycles. The van der Waals surface area contributed by atoms with Crippen LogP contribution in [0.15, 0.2) is 6.07 Å². The fraction of sp³-hybridized carbons (Fsp3) is 0.733. The van der Waals surface area contributed by atoms with Gasteiger partial charge in [-0.25, -0.2) is 0 Å². The number of carbonyl (C=O) groups excluding carboxylic acids is 1. The molecule has 0 radical (unpaired) electrons. The van der Waals surface area contributed by atoms with E-state index in [1.54, 1.807) is 18.8 Å². The van der Waals surface area contributed by atoms with Gasteiger partial charge in [0.15, 0.2) is 0 Å². The lowest BCUT2D eigenvalue weighted by Gasteiger charge is -2.29. The van der Waals surface area contributed by atoms with Crippen molar-refractivity contribution in [2.24, 2.45) is 12.5 Å². The van der Waals surface area contributed by atoms with E-state index >= 15 is 0 Å². The van der Waals surface area contributed by atoms with Crippen molar-refractivity contribution in [3.8, 4) is 0 Å². The van der Waals surface area contributed by atoms with Gasteiger partial charge in [0.1, 0.15) is 5.69 Å². The molecule has 0 bridgehead atoms. The Kier molecular flexibility index (Phi) is 4.81. The van der Waals surface area contributed by atoms with Crippen LogP contribution in [-0.2, 0) is 11.8 Å². The first kappa shape index (κ1) is 15.0. The average molecular weight is 279 g/mol. The SMILES string of the molecule is COCCC1(CNC(=O)c2cc(C)nn2C)CCCC1. The third-order valence-corrected chi connectivity index (χ3v) is 4.36. The molecule has 1 heterocycles. The maximum absolute atomic E-state index is 12.2. The molecule has 1 aliphatic carbocycles. The number of rotatable bonds is 6. The van der Waals surface area contributed by atoms with Crippen LogP contribution in [0.3, 0.4) is 0 Å². The van der Waals surface area contributed by atoms with Crippen molar-refractivity contribution in [2.45, 2.75) is 39.0 Å². The summed E-state index contributed by atoms with van der Waals surface area (Å²) < 4.78 is 6.86. The first-order valence-corrected chi connectivity index (χ1v) is 7.34. The Morgan fingerprint density at radius 1 is 1.50 bits per heavy atom. The second kappa shape index (κ2) is 6.39. The van der Waals surface area contributed by atoms with Gasteiger partial charge in [-0.2, -0.15) is 5.10 Å². The number of methoxy groups -OCH3 is 1. The monoisotopic (exact) mass is 279 g/mol. The zero-order chi connectivity index (χ0) is 14.6. The van der Waals surface area contributed by atoms with E-state index in [2.05, 4.69) is 10.4 Å². The summed E-state index contributed by atoms with van der Waals surface area (Å²) in [5, 5.41) is 7.30. The molecule has 0 atom stereocenters. The maximum atomic E-state index is 12.2. The summed E-state index contributed by atoms with van der Waals surface area (Å²) >= 11 is 0. The Hall–Kier alpha value is -1.36. The van der Waals surface area contributed by atoms with E-state index in [-0.39, 0.29) is 11.3 Å². The molecule has 1 aromatic rings. The zero-order valence-electron chi connectivity index (χ0n) is 12.7. The molecule has 0 aliphatic heterocycles. The molecule has 20 heavy (non-hydrogen) atoms. The lowest BCUT2D eigenvalue weighted by Crippen LogP contribution is -2.37. The molecule has 1 aromatic heterocycles. The van der Waals surface area contributed by atoms with Crippen LogP contribution in [0.25, 0.3) is 0 Å². The summed E-state index contributed by atoms with van der Waals surface area (Å²) in [7, 11) is 3.54. The number of hydrogen-bond donors (Lipinski definition) is 1. The van der Waals surface area contributed by atoms with E-state index in [1.165, 1.54) is 25.7 Å². The number of ether oxygens (including phenoxy) is 1. The lowest BCUT2D eigenvalue weighted by molar-refractivity contribution is 0.0894. The second-order valence-electron chi connectivity index (χ2n) is 5.93. The molecule has 2 rings (SSSR count). The lowest BCUT2D eigenvalue weighted by atomic mass is 9.83. The zero-order valence-corrected chi connectivity index (χ0v) is 12.7. The predicted molar refractivity (Wildman–Crippen MR) is 77.7 cm³/mol. The van der Waals surface area contributed by atoms with Crippen molar-refractivity contribution < 1.29 is 9.53 Å². The first-order valence-electron chi connectivity index (χ1n) is 7.34. The van der Waals surface area contributed by atoms with Crippen LogP contribution in [-0.4, -0.2) is 35.9 Å². The fourth-order valence-electron chi connectivity index (χ4n) is 3.14. The summed E-state index contributed by atoms with van der Waals surface area (Å²) in [5.74, 6) is -0.0307. The molecule has 112 valence electrons. The molecular weight excluding hydrogens is 254 g/mol. The van der Waals surface area contributed by atoms with Gasteiger partial charge >= 0.3 is 0 Å². The van der Waals surface area contributed by atoms with Gasteiger partial charge in [-0.1, -0.05) is 12.8 Å². The van der Waals surface area contributed by atoms with E-state index in [0.717, 1.165) is 25.3 Å². The van der Waals surface area contributed by atoms with E-state index in [1.807, 2.05) is 13.0 Å². The van der Waals surface area contributed by atoms with Gasteiger partial charge in [0.05, 0.1) is 5.69 Å². The quantitative estimate of drug-likeness (QED) is 0.867. The smallest absolute Gasteiger partial charge is 0.269 e. The molecule has 1 amide bonds. The number of amides is 1. The molecule has 1 aliphatic rings. The fourth-order valence-corrected chi connectivity index (χ4v) is 3.14. The van der Waals surface area contributed by atoms with Crippen LogP contribution < -0.4 is 5.32 Å². The van der Waals surface area contributed by atoms with Crippen LogP contribution in [0.1, 0.15) is 48.3 Å². The Balaban J connectivity index is 1.95. The minimum Gasteiger partial charge on any atom is -0.385 e.